The van der Waals surface area contributed by atoms with Crippen molar-refractivity contribution in [3.63, 3.8) is 0 Å². The van der Waals surface area contributed by atoms with Crippen molar-refractivity contribution in [2.75, 3.05) is 46.6 Å². The number of primary sulfonamides is 1. The molecule has 0 saturated carbocycles. The molecule has 2 aromatic carbocycles. The van der Waals surface area contributed by atoms with Crippen molar-refractivity contribution in [2.45, 2.75) is 68.9 Å². The van der Waals surface area contributed by atoms with Crippen LogP contribution in [0.1, 0.15) is 93.8 Å². The summed E-state index contributed by atoms with van der Waals surface area (Å²) in [6, 6.07) is 14.9. The Bertz CT molecular complexity index is 2220. The number of hydrogen-bond acceptors (Lipinski definition) is 9. The van der Waals surface area contributed by atoms with Crippen LogP contribution in [0, 0.1) is 18.3 Å². The monoisotopic (exact) mass is 774 g/mol. The van der Waals surface area contributed by atoms with Gasteiger partial charge in [0.1, 0.15) is 11.6 Å². The van der Waals surface area contributed by atoms with E-state index in [-0.39, 0.29) is 40.1 Å². The van der Waals surface area contributed by atoms with E-state index in [1.54, 1.807) is 23.2 Å². The second-order valence-electron chi connectivity index (χ2n) is 13.9. The predicted octanol–water partition coefficient (Wildman–Crippen LogP) is 6.98. The number of alkyl halides is 3. The number of anilines is 4. The molecule has 0 spiro atoms. The molecule has 2 aliphatic heterocycles. The lowest BCUT2D eigenvalue weighted by Crippen LogP contribution is -2.29. The first-order chi connectivity index (χ1) is 26.2. The number of nitrogens with zero attached hydrogens (tertiary/aromatic N) is 5. The molecule has 1 atom stereocenters. The van der Waals surface area contributed by atoms with Crippen LogP contribution < -0.4 is 25.6 Å². The number of hydrogen-bond donors (Lipinski definition) is 3. The number of amides is 2. The van der Waals surface area contributed by atoms with Gasteiger partial charge in [-0.25, -0.2) is 23.5 Å². The van der Waals surface area contributed by atoms with Gasteiger partial charge in [0.25, 0.3) is 11.8 Å². The molecule has 55 heavy (non-hydrogen) atoms. The number of carbonyl (C=O) groups is 2. The second kappa shape index (κ2) is 16.5. The fraction of sp³-hybridized carbons (Fsp3) is 0.359. The van der Waals surface area contributed by atoms with Crippen LogP contribution in [0.25, 0.3) is 0 Å². The molecule has 4 N–H and O–H groups in total. The van der Waals surface area contributed by atoms with E-state index in [1.165, 1.54) is 36.4 Å². The van der Waals surface area contributed by atoms with Crippen molar-refractivity contribution in [3.8, 4) is 6.07 Å². The zero-order valence-corrected chi connectivity index (χ0v) is 31.0. The number of rotatable bonds is 8. The molecule has 16 heteroatoms. The molecule has 0 aliphatic carbocycles. The van der Waals surface area contributed by atoms with E-state index in [1.807, 2.05) is 13.0 Å². The highest BCUT2D eigenvalue weighted by Gasteiger charge is 2.34. The number of benzene rings is 2. The maximum Gasteiger partial charge on any atom is 0.417 e. The van der Waals surface area contributed by atoms with Gasteiger partial charge in [-0.3, -0.25) is 9.59 Å². The summed E-state index contributed by atoms with van der Waals surface area (Å²) in [5.41, 5.74) is 1.30. The van der Waals surface area contributed by atoms with Crippen molar-refractivity contribution >= 4 is 44.8 Å². The SMILES string of the molecule is Cc1cnc(N2CCCCCC2)c(C(=O)Nc2cc(C3CCCN(c4ncc(C(F)(F)F)cc4C(=O)Nc4ccc(C#N)cc4)CC3)cc(S(N)(=O)=O)c2)c1. The van der Waals surface area contributed by atoms with Crippen molar-refractivity contribution in [1.29, 1.82) is 5.26 Å². The van der Waals surface area contributed by atoms with E-state index in [2.05, 4.69) is 25.5 Å². The quantitative estimate of drug-likeness (QED) is 0.171. The first kappa shape index (κ1) is 39.2. The molecule has 0 radical (unpaired) electrons. The fourth-order valence-corrected chi connectivity index (χ4v) is 7.65. The van der Waals surface area contributed by atoms with E-state index in [0.29, 0.717) is 54.5 Å². The van der Waals surface area contributed by atoms with Crippen LogP contribution in [0.2, 0.25) is 0 Å². The normalized spacial score (nSPS) is 16.8. The third-order valence-electron chi connectivity index (χ3n) is 9.88. The maximum absolute atomic E-state index is 13.8. The largest absolute Gasteiger partial charge is 0.417 e. The van der Waals surface area contributed by atoms with Gasteiger partial charge >= 0.3 is 6.18 Å². The second-order valence-corrected chi connectivity index (χ2v) is 15.5. The van der Waals surface area contributed by atoms with Crippen LogP contribution in [0.15, 0.2) is 71.9 Å². The average molecular weight is 775 g/mol. The van der Waals surface area contributed by atoms with Crippen molar-refractivity contribution < 1.29 is 31.2 Å². The van der Waals surface area contributed by atoms with Gasteiger partial charge in [-0.2, -0.15) is 18.4 Å². The summed E-state index contributed by atoms with van der Waals surface area (Å²) in [5.74, 6) is -0.846. The van der Waals surface area contributed by atoms with Crippen LogP contribution in [0.4, 0.5) is 36.2 Å². The van der Waals surface area contributed by atoms with Crippen LogP contribution in [0.3, 0.4) is 0 Å². The van der Waals surface area contributed by atoms with Gasteiger partial charge in [0.05, 0.1) is 33.2 Å². The van der Waals surface area contributed by atoms with E-state index in [0.717, 1.165) is 50.4 Å². The number of aromatic nitrogens is 2. The third-order valence-corrected chi connectivity index (χ3v) is 10.8. The van der Waals surface area contributed by atoms with Gasteiger partial charge in [0, 0.05) is 49.9 Å². The first-order valence-corrected chi connectivity index (χ1v) is 19.6. The summed E-state index contributed by atoms with van der Waals surface area (Å²) < 4.78 is 66.7. The van der Waals surface area contributed by atoms with Crippen LogP contribution in [-0.4, -0.2) is 56.4 Å². The lowest BCUT2D eigenvalue weighted by atomic mass is 9.91. The Kier molecular flexibility index (Phi) is 11.7. The number of carbonyl (C=O) groups excluding carboxylic acids is 2. The molecule has 4 heterocycles. The maximum atomic E-state index is 13.8. The van der Waals surface area contributed by atoms with Crippen LogP contribution in [-0.2, 0) is 16.2 Å². The summed E-state index contributed by atoms with van der Waals surface area (Å²) in [4.78, 5) is 39.7. The zero-order chi connectivity index (χ0) is 39.3. The molecule has 288 valence electrons. The number of aryl methyl sites for hydroxylation is 1. The Morgan fingerprint density at radius 1 is 0.800 bits per heavy atom. The molecule has 2 fully saturated rings. The van der Waals surface area contributed by atoms with Crippen molar-refractivity contribution in [2.24, 2.45) is 5.14 Å². The average Bonchev–Trinajstić information content (AvgIpc) is 3.58. The zero-order valence-electron chi connectivity index (χ0n) is 30.2. The third kappa shape index (κ3) is 9.59. The van der Waals surface area contributed by atoms with Crippen LogP contribution >= 0.6 is 0 Å². The highest BCUT2D eigenvalue weighted by Crippen LogP contribution is 2.36. The molecular weight excluding hydrogens is 734 g/mol. The molecule has 2 aliphatic rings. The molecule has 6 rings (SSSR count). The minimum atomic E-state index is -4.75. The number of pyridine rings is 2. The molecule has 1 unspecified atom stereocenters. The standard InChI is InChI=1S/C39H41F3N8O4S/c1-25-17-33(35(45-23-25)49-13-4-2-3-5-14-49)37(51)48-31-18-28(19-32(21-31)55(44,53)54)27-7-6-15-50(16-12-27)36-34(20-29(24-46-36)39(40,41)42)38(52)47-30-10-8-26(22-43)9-11-30/h8-11,17-21,23-24,27H,2-7,12-16H2,1H3,(H,47,52)(H,48,51)(H2,44,53,54). The summed E-state index contributed by atoms with van der Waals surface area (Å²) in [5, 5.41) is 20.2. The van der Waals surface area contributed by atoms with Gasteiger partial charge in [-0.15, -0.1) is 0 Å². The van der Waals surface area contributed by atoms with Crippen molar-refractivity contribution in [1.82, 2.24) is 9.97 Å². The topological polar surface area (TPSA) is 174 Å². The van der Waals surface area contributed by atoms with Gasteiger partial charge in [-0.05, 0) is 111 Å². The lowest BCUT2D eigenvalue weighted by Gasteiger charge is -2.25. The molecular formula is C39H41F3N8O4S. The molecule has 12 nitrogen and oxygen atoms in total. The lowest BCUT2D eigenvalue weighted by molar-refractivity contribution is -0.137. The van der Waals surface area contributed by atoms with E-state index in [4.69, 9.17) is 10.4 Å². The Hall–Kier alpha value is -5.53. The van der Waals surface area contributed by atoms with Gasteiger partial charge in [-0.1, -0.05) is 12.8 Å². The minimum Gasteiger partial charge on any atom is -0.356 e. The van der Waals surface area contributed by atoms with Gasteiger partial charge in [0.15, 0.2) is 0 Å². The Morgan fingerprint density at radius 3 is 2.04 bits per heavy atom. The van der Waals surface area contributed by atoms with Gasteiger partial charge in [0.2, 0.25) is 10.0 Å². The molecule has 4 aromatic rings. The molecule has 2 aromatic heterocycles. The minimum absolute atomic E-state index is 0.0676. The summed E-state index contributed by atoms with van der Waals surface area (Å²) in [6.07, 6.45) is 3.35. The summed E-state index contributed by atoms with van der Waals surface area (Å²) in [6.45, 7) is 4.01. The van der Waals surface area contributed by atoms with E-state index in [9.17, 15) is 31.2 Å². The Morgan fingerprint density at radius 2 is 1.40 bits per heavy atom. The van der Waals surface area contributed by atoms with E-state index < -0.39 is 33.6 Å². The molecule has 2 saturated heterocycles. The highest BCUT2D eigenvalue weighted by molar-refractivity contribution is 7.89. The predicted molar refractivity (Wildman–Crippen MR) is 203 cm³/mol. The van der Waals surface area contributed by atoms with Crippen molar-refractivity contribution in [3.05, 3.63) is 100 Å². The van der Waals surface area contributed by atoms with Gasteiger partial charge < -0.3 is 20.4 Å². The number of halogens is 3. The fourth-order valence-electron chi connectivity index (χ4n) is 7.06. The Balaban J connectivity index is 1.26. The smallest absolute Gasteiger partial charge is 0.356 e. The molecule has 0 bridgehead atoms. The highest BCUT2D eigenvalue weighted by atomic mass is 32.2. The first-order valence-electron chi connectivity index (χ1n) is 18.0. The Labute approximate surface area is 317 Å². The number of nitriles is 1. The number of sulfonamides is 1. The van der Waals surface area contributed by atoms with Crippen LogP contribution in [0.5, 0.6) is 0 Å². The number of nitrogens with two attached hydrogens (primary N) is 1. The number of nitrogens with one attached hydrogen (secondary N) is 2. The van der Waals surface area contributed by atoms with E-state index >= 15 is 0 Å². The summed E-state index contributed by atoms with van der Waals surface area (Å²) in [7, 11) is -4.19. The summed E-state index contributed by atoms with van der Waals surface area (Å²) >= 11 is 0. The molecule has 2 amide bonds.